The molecule has 0 spiro atoms. The minimum atomic E-state index is -3.26. The van der Waals surface area contributed by atoms with Gasteiger partial charge in [0.1, 0.15) is 6.10 Å². The van der Waals surface area contributed by atoms with Gasteiger partial charge in [-0.3, -0.25) is 4.79 Å². The Morgan fingerprint density at radius 1 is 1.03 bits per heavy atom. The molecule has 0 heterocycles. The fourth-order valence-electron chi connectivity index (χ4n) is 3.40. The molecule has 2 aromatic carbocycles. The van der Waals surface area contributed by atoms with E-state index in [-0.39, 0.29) is 5.56 Å². The molecule has 0 bridgehead atoms. The molecule has 0 aliphatic carbocycles. The summed E-state index contributed by atoms with van der Waals surface area (Å²) < 4.78 is 37.1. The SMILES string of the molecule is CC[Si](CC)(CC)OC(c1ccccc1)C(F)(F)/C=C/c1ccccc1C(N)=O. The molecule has 29 heavy (non-hydrogen) atoms. The van der Waals surface area contributed by atoms with Gasteiger partial charge in [-0.2, -0.15) is 8.78 Å². The maximum Gasteiger partial charge on any atom is 0.295 e. The molecule has 1 amide bonds. The normalized spacial score (nSPS) is 13.6. The van der Waals surface area contributed by atoms with Crippen LogP contribution in [-0.2, 0) is 4.43 Å². The summed E-state index contributed by atoms with van der Waals surface area (Å²) in [4.78, 5) is 11.6. The van der Waals surface area contributed by atoms with Gasteiger partial charge in [-0.05, 0) is 41.4 Å². The zero-order valence-corrected chi connectivity index (χ0v) is 18.2. The van der Waals surface area contributed by atoms with E-state index in [2.05, 4.69) is 0 Å². The molecule has 6 heteroatoms. The lowest BCUT2D eigenvalue weighted by Gasteiger charge is -2.36. The third-order valence-corrected chi connectivity index (χ3v) is 10.1. The molecular weight excluding hydrogens is 388 g/mol. The zero-order valence-electron chi connectivity index (χ0n) is 17.2. The van der Waals surface area contributed by atoms with Crippen LogP contribution in [-0.4, -0.2) is 20.1 Å². The fraction of sp³-hybridized carbons (Fsp3) is 0.348. The molecule has 2 N–H and O–H groups in total. The molecule has 0 aliphatic heterocycles. The number of alkyl halides is 2. The van der Waals surface area contributed by atoms with E-state index in [1.165, 1.54) is 12.1 Å². The van der Waals surface area contributed by atoms with Crippen molar-refractivity contribution in [3.63, 3.8) is 0 Å². The number of carbonyl (C=O) groups excluding carboxylic acids is 1. The molecule has 0 saturated carbocycles. The first kappa shape index (κ1) is 23.0. The van der Waals surface area contributed by atoms with Crippen LogP contribution < -0.4 is 5.73 Å². The van der Waals surface area contributed by atoms with E-state index in [4.69, 9.17) is 10.2 Å². The molecule has 0 radical (unpaired) electrons. The molecule has 2 rings (SSSR count). The van der Waals surface area contributed by atoms with Crippen molar-refractivity contribution in [2.45, 2.75) is 50.9 Å². The van der Waals surface area contributed by atoms with Crippen LogP contribution in [0.1, 0.15) is 48.4 Å². The fourth-order valence-corrected chi connectivity index (χ4v) is 6.19. The third-order valence-electron chi connectivity index (χ3n) is 5.46. The van der Waals surface area contributed by atoms with Gasteiger partial charge in [0, 0.05) is 5.56 Å². The van der Waals surface area contributed by atoms with Crippen LogP contribution >= 0.6 is 0 Å². The monoisotopic (exact) mass is 417 g/mol. The van der Waals surface area contributed by atoms with Gasteiger partial charge in [0.2, 0.25) is 5.91 Å². The van der Waals surface area contributed by atoms with Crippen LogP contribution in [0, 0.1) is 0 Å². The van der Waals surface area contributed by atoms with Gasteiger partial charge in [-0.1, -0.05) is 75.4 Å². The first-order chi connectivity index (χ1) is 13.8. The van der Waals surface area contributed by atoms with E-state index < -0.39 is 26.3 Å². The number of halogens is 2. The van der Waals surface area contributed by atoms with E-state index in [0.29, 0.717) is 11.1 Å². The Bertz CT molecular complexity index is 828. The van der Waals surface area contributed by atoms with E-state index >= 15 is 8.78 Å². The Morgan fingerprint density at radius 3 is 2.14 bits per heavy atom. The standard InChI is InChI=1S/C23H29F2NO2Si/c1-4-29(5-2,6-3)28-21(19-13-8-7-9-14-19)23(24,25)17-16-18-12-10-11-15-20(18)22(26)27/h7-17,21H,4-6H2,1-3H3,(H2,26,27)/b17-16+. The molecule has 156 valence electrons. The predicted octanol–water partition coefficient (Wildman–Crippen LogP) is 6.20. The summed E-state index contributed by atoms with van der Waals surface area (Å²) in [5.41, 5.74) is 6.37. The number of rotatable bonds is 10. The highest BCUT2D eigenvalue weighted by Gasteiger charge is 2.44. The van der Waals surface area contributed by atoms with E-state index in [9.17, 15) is 4.79 Å². The second kappa shape index (κ2) is 9.94. The van der Waals surface area contributed by atoms with Gasteiger partial charge in [0.15, 0.2) is 8.32 Å². The van der Waals surface area contributed by atoms with Crippen molar-refractivity contribution in [3.8, 4) is 0 Å². The van der Waals surface area contributed by atoms with Crippen LogP contribution in [0.25, 0.3) is 6.08 Å². The van der Waals surface area contributed by atoms with Crippen LogP contribution in [0.2, 0.25) is 18.1 Å². The lowest BCUT2D eigenvalue weighted by molar-refractivity contribution is -0.0627. The van der Waals surface area contributed by atoms with Crippen molar-refractivity contribution in [3.05, 3.63) is 77.4 Å². The molecule has 1 atom stereocenters. The van der Waals surface area contributed by atoms with Gasteiger partial charge in [-0.25, -0.2) is 0 Å². The van der Waals surface area contributed by atoms with Gasteiger partial charge in [-0.15, -0.1) is 0 Å². The average molecular weight is 418 g/mol. The third kappa shape index (κ3) is 5.61. The molecule has 0 fully saturated rings. The Morgan fingerprint density at radius 2 is 1.59 bits per heavy atom. The van der Waals surface area contributed by atoms with Crippen molar-refractivity contribution in [1.29, 1.82) is 0 Å². The summed E-state index contributed by atoms with van der Waals surface area (Å²) >= 11 is 0. The van der Waals surface area contributed by atoms with Crippen LogP contribution in [0.3, 0.4) is 0 Å². The summed E-state index contributed by atoms with van der Waals surface area (Å²) in [7, 11) is -2.30. The highest BCUT2D eigenvalue weighted by Crippen LogP contribution is 2.41. The predicted molar refractivity (Wildman–Crippen MR) is 116 cm³/mol. The van der Waals surface area contributed by atoms with Crippen molar-refractivity contribution in [2.75, 3.05) is 0 Å². The number of hydrogen-bond donors (Lipinski definition) is 1. The summed E-state index contributed by atoms with van der Waals surface area (Å²) in [6.45, 7) is 6.04. The first-order valence-electron chi connectivity index (χ1n) is 9.97. The smallest absolute Gasteiger partial charge is 0.295 e. The van der Waals surface area contributed by atoms with E-state index in [1.807, 2.05) is 20.8 Å². The van der Waals surface area contributed by atoms with Crippen LogP contribution in [0.15, 0.2) is 60.7 Å². The number of benzene rings is 2. The second-order valence-corrected chi connectivity index (χ2v) is 11.8. The largest absolute Gasteiger partial charge is 0.404 e. The Kier molecular flexibility index (Phi) is 7.87. The minimum Gasteiger partial charge on any atom is -0.404 e. The average Bonchev–Trinajstić information content (AvgIpc) is 2.74. The number of carbonyl (C=O) groups is 1. The maximum atomic E-state index is 15.4. The highest BCUT2D eigenvalue weighted by molar-refractivity contribution is 6.73. The molecule has 1 unspecified atom stereocenters. The number of hydrogen-bond acceptors (Lipinski definition) is 2. The van der Waals surface area contributed by atoms with Crippen molar-refractivity contribution < 1.29 is 18.0 Å². The number of nitrogens with two attached hydrogens (primary N) is 1. The maximum absolute atomic E-state index is 15.4. The Hall–Kier alpha value is -2.31. The zero-order chi connectivity index (χ0) is 21.5. The molecule has 3 nitrogen and oxygen atoms in total. The Balaban J connectivity index is 2.45. The summed E-state index contributed by atoms with van der Waals surface area (Å²) in [6.07, 6.45) is 0.700. The van der Waals surface area contributed by atoms with E-state index in [1.54, 1.807) is 48.5 Å². The van der Waals surface area contributed by atoms with Gasteiger partial charge in [0.05, 0.1) is 0 Å². The topological polar surface area (TPSA) is 52.3 Å². The summed E-state index contributed by atoms with van der Waals surface area (Å²) in [5.74, 6) is -3.91. The second-order valence-electron chi connectivity index (χ2n) is 7.11. The first-order valence-corrected chi connectivity index (χ1v) is 12.5. The minimum absolute atomic E-state index is 0.205. The quantitative estimate of drug-likeness (QED) is 0.468. The van der Waals surface area contributed by atoms with Crippen LogP contribution in [0.5, 0.6) is 0 Å². The lowest BCUT2D eigenvalue weighted by Crippen LogP contribution is -2.41. The molecule has 0 saturated heterocycles. The number of primary amides is 1. The molecule has 2 aromatic rings. The van der Waals surface area contributed by atoms with Crippen molar-refractivity contribution >= 4 is 20.3 Å². The van der Waals surface area contributed by atoms with Gasteiger partial charge >= 0.3 is 0 Å². The van der Waals surface area contributed by atoms with E-state index in [0.717, 1.165) is 24.2 Å². The van der Waals surface area contributed by atoms with Crippen molar-refractivity contribution in [1.82, 2.24) is 0 Å². The number of amides is 1. The van der Waals surface area contributed by atoms with Gasteiger partial charge in [0.25, 0.3) is 5.92 Å². The lowest BCUT2D eigenvalue weighted by atomic mass is 10.0. The molecule has 0 aromatic heterocycles. The van der Waals surface area contributed by atoms with Crippen molar-refractivity contribution in [2.24, 2.45) is 5.73 Å². The summed E-state index contributed by atoms with van der Waals surface area (Å²) in [6, 6.07) is 17.4. The summed E-state index contributed by atoms with van der Waals surface area (Å²) in [5, 5.41) is 0. The van der Waals surface area contributed by atoms with Gasteiger partial charge < -0.3 is 10.2 Å². The Labute approximate surface area is 172 Å². The van der Waals surface area contributed by atoms with Crippen LogP contribution in [0.4, 0.5) is 8.78 Å². The highest BCUT2D eigenvalue weighted by atomic mass is 28.4. The molecule has 0 aliphatic rings. The molecular formula is C23H29F2NO2Si.